The lowest BCUT2D eigenvalue weighted by Crippen LogP contribution is -2.27. The second-order valence-electron chi connectivity index (χ2n) is 2.45. The summed E-state index contributed by atoms with van der Waals surface area (Å²) in [4.78, 5) is 24.9. The quantitative estimate of drug-likeness (QED) is 0.618. The molecule has 0 fully saturated rings. The van der Waals surface area contributed by atoms with Crippen molar-refractivity contribution in [2.24, 2.45) is 16.6 Å². The zero-order valence-electron chi connectivity index (χ0n) is 6.35. The number of hydrogen-bond donors (Lipinski definition) is 2. The summed E-state index contributed by atoms with van der Waals surface area (Å²) in [6.45, 7) is 1.46. The second kappa shape index (κ2) is 3.14. The lowest BCUT2D eigenvalue weighted by Gasteiger charge is -2.09. The summed E-state index contributed by atoms with van der Waals surface area (Å²) in [5.41, 5.74) is 5.25. The fourth-order valence-electron chi connectivity index (χ4n) is 0.824. The molecular formula is C6H8N2O3S. The Morgan fingerprint density at radius 1 is 1.83 bits per heavy atom. The maximum atomic E-state index is 11.0. The minimum atomic E-state index is -1.01. The van der Waals surface area contributed by atoms with Gasteiger partial charge in [0.25, 0.3) is 5.91 Å². The van der Waals surface area contributed by atoms with Crippen LogP contribution in [0.4, 0.5) is 0 Å². The third kappa shape index (κ3) is 1.58. The first-order chi connectivity index (χ1) is 5.52. The van der Waals surface area contributed by atoms with Crippen LogP contribution in [0.1, 0.15) is 6.92 Å². The van der Waals surface area contributed by atoms with Gasteiger partial charge >= 0.3 is 5.97 Å². The van der Waals surface area contributed by atoms with Crippen molar-refractivity contribution in [1.82, 2.24) is 0 Å². The molecule has 5 nitrogen and oxygen atoms in total. The number of rotatable bonds is 2. The van der Waals surface area contributed by atoms with Crippen LogP contribution in [0.2, 0.25) is 0 Å². The van der Waals surface area contributed by atoms with Gasteiger partial charge in [-0.2, -0.15) is 4.99 Å². The SMILES string of the molecule is CC(C(=O)O)C1SC(N)=NC1=O. The largest absolute Gasteiger partial charge is 0.481 e. The van der Waals surface area contributed by atoms with Crippen LogP contribution in [-0.2, 0) is 9.59 Å². The predicted molar refractivity (Wildman–Crippen MR) is 44.8 cm³/mol. The highest BCUT2D eigenvalue weighted by Gasteiger charge is 2.35. The van der Waals surface area contributed by atoms with Crippen molar-refractivity contribution in [3.05, 3.63) is 0 Å². The summed E-state index contributed by atoms with van der Waals surface area (Å²) in [6, 6.07) is 0. The van der Waals surface area contributed by atoms with Crippen molar-refractivity contribution >= 4 is 28.8 Å². The minimum Gasteiger partial charge on any atom is -0.481 e. The molecule has 1 amide bonds. The molecular weight excluding hydrogens is 180 g/mol. The highest BCUT2D eigenvalue weighted by Crippen LogP contribution is 2.26. The van der Waals surface area contributed by atoms with E-state index < -0.39 is 23.0 Å². The Morgan fingerprint density at radius 3 is 2.75 bits per heavy atom. The Kier molecular flexibility index (Phi) is 2.37. The van der Waals surface area contributed by atoms with Gasteiger partial charge in [-0.1, -0.05) is 18.7 Å². The van der Waals surface area contributed by atoms with Crippen LogP contribution in [0.15, 0.2) is 4.99 Å². The van der Waals surface area contributed by atoms with Crippen LogP contribution in [0.25, 0.3) is 0 Å². The van der Waals surface area contributed by atoms with E-state index in [2.05, 4.69) is 4.99 Å². The molecule has 0 radical (unpaired) electrons. The lowest BCUT2D eigenvalue weighted by molar-refractivity contribution is -0.142. The Bertz CT molecular complexity index is 264. The molecule has 0 aromatic heterocycles. The molecule has 2 unspecified atom stereocenters. The highest BCUT2D eigenvalue weighted by atomic mass is 32.2. The van der Waals surface area contributed by atoms with Crippen molar-refractivity contribution in [3.8, 4) is 0 Å². The molecule has 0 aromatic carbocycles. The molecule has 0 spiro atoms. The fraction of sp³-hybridized carbons (Fsp3) is 0.500. The third-order valence-corrected chi connectivity index (χ3v) is 2.75. The third-order valence-electron chi connectivity index (χ3n) is 1.56. The van der Waals surface area contributed by atoms with Crippen molar-refractivity contribution in [2.75, 3.05) is 0 Å². The van der Waals surface area contributed by atoms with Crippen LogP contribution in [0, 0.1) is 5.92 Å². The van der Waals surface area contributed by atoms with E-state index in [1.807, 2.05) is 0 Å². The van der Waals surface area contributed by atoms with E-state index >= 15 is 0 Å². The highest BCUT2D eigenvalue weighted by molar-refractivity contribution is 8.15. The minimum absolute atomic E-state index is 0.151. The van der Waals surface area contributed by atoms with E-state index in [1.54, 1.807) is 0 Å². The van der Waals surface area contributed by atoms with Gasteiger partial charge < -0.3 is 10.8 Å². The van der Waals surface area contributed by atoms with E-state index in [0.29, 0.717) is 0 Å². The van der Waals surface area contributed by atoms with E-state index in [4.69, 9.17) is 10.8 Å². The summed E-state index contributed by atoms with van der Waals surface area (Å²) >= 11 is 1.01. The van der Waals surface area contributed by atoms with E-state index in [1.165, 1.54) is 6.92 Å². The van der Waals surface area contributed by atoms with Crippen LogP contribution in [0.5, 0.6) is 0 Å². The summed E-state index contributed by atoms with van der Waals surface area (Å²) in [6.07, 6.45) is 0. The Morgan fingerprint density at radius 2 is 2.42 bits per heavy atom. The molecule has 1 heterocycles. The molecule has 2 atom stereocenters. The standard InChI is InChI=1S/C6H8N2O3S/c1-2(5(10)11)3-4(9)8-6(7)12-3/h2-3H,1H3,(H,10,11)(H2,7,8,9). The van der Waals surface area contributed by atoms with Gasteiger partial charge in [-0.3, -0.25) is 9.59 Å². The molecule has 1 aliphatic rings. The van der Waals surface area contributed by atoms with E-state index in [-0.39, 0.29) is 5.17 Å². The molecule has 6 heteroatoms. The number of nitrogens with zero attached hydrogens (tertiary/aromatic N) is 1. The summed E-state index contributed by atoms with van der Waals surface area (Å²) in [5, 5.41) is 8.09. The van der Waals surface area contributed by atoms with Crippen LogP contribution in [-0.4, -0.2) is 27.4 Å². The summed E-state index contributed by atoms with van der Waals surface area (Å²) < 4.78 is 0. The average Bonchev–Trinajstić information content (AvgIpc) is 2.28. The Balaban J connectivity index is 2.69. The van der Waals surface area contributed by atoms with Crippen molar-refractivity contribution < 1.29 is 14.7 Å². The van der Waals surface area contributed by atoms with Gasteiger partial charge in [-0.05, 0) is 0 Å². The van der Waals surface area contributed by atoms with Gasteiger partial charge in [0.2, 0.25) is 0 Å². The molecule has 12 heavy (non-hydrogen) atoms. The molecule has 1 aliphatic heterocycles. The summed E-state index contributed by atoms with van der Waals surface area (Å²) in [7, 11) is 0. The normalized spacial score (nSPS) is 25.2. The van der Waals surface area contributed by atoms with Crippen molar-refractivity contribution in [3.63, 3.8) is 0 Å². The number of carboxylic acids is 1. The van der Waals surface area contributed by atoms with Gasteiger partial charge in [-0.25, -0.2) is 0 Å². The number of amidine groups is 1. The van der Waals surface area contributed by atoms with E-state index in [0.717, 1.165) is 11.8 Å². The maximum absolute atomic E-state index is 11.0. The number of carbonyl (C=O) groups excluding carboxylic acids is 1. The van der Waals surface area contributed by atoms with Gasteiger partial charge in [0.1, 0.15) is 5.25 Å². The molecule has 0 saturated heterocycles. The van der Waals surface area contributed by atoms with Gasteiger partial charge in [0.15, 0.2) is 5.17 Å². The van der Waals surface area contributed by atoms with E-state index in [9.17, 15) is 9.59 Å². The average molecular weight is 188 g/mol. The van der Waals surface area contributed by atoms with Gasteiger partial charge in [0.05, 0.1) is 5.92 Å². The number of aliphatic carboxylic acids is 1. The zero-order valence-corrected chi connectivity index (χ0v) is 7.17. The Labute approximate surface area is 73.0 Å². The smallest absolute Gasteiger partial charge is 0.307 e. The number of hydrogen-bond acceptors (Lipinski definition) is 4. The first-order valence-electron chi connectivity index (χ1n) is 3.30. The fourth-order valence-corrected chi connectivity index (χ4v) is 1.70. The van der Waals surface area contributed by atoms with Gasteiger partial charge in [0, 0.05) is 0 Å². The number of thioether (sulfide) groups is 1. The molecule has 3 N–H and O–H groups in total. The molecule has 0 bridgehead atoms. The molecule has 1 rings (SSSR count). The number of carboxylic acid groups (broad SMARTS) is 1. The number of carbonyl (C=O) groups is 2. The maximum Gasteiger partial charge on any atom is 0.307 e. The molecule has 0 saturated carbocycles. The van der Waals surface area contributed by atoms with Crippen LogP contribution >= 0.6 is 11.8 Å². The lowest BCUT2D eigenvalue weighted by atomic mass is 10.1. The molecule has 66 valence electrons. The first-order valence-corrected chi connectivity index (χ1v) is 4.18. The second-order valence-corrected chi connectivity index (χ2v) is 3.62. The number of nitrogens with two attached hydrogens (primary N) is 1. The topological polar surface area (TPSA) is 92.8 Å². The first kappa shape index (κ1) is 9.05. The number of amides is 1. The van der Waals surface area contributed by atoms with Crippen molar-refractivity contribution in [2.45, 2.75) is 12.2 Å². The zero-order chi connectivity index (χ0) is 9.30. The predicted octanol–water partition coefficient (Wildman–Crippen LogP) is -0.336. The van der Waals surface area contributed by atoms with Crippen LogP contribution < -0.4 is 5.73 Å². The van der Waals surface area contributed by atoms with Crippen molar-refractivity contribution in [1.29, 1.82) is 0 Å². The van der Waals surface area contributed by atoms with Crippen LogP contribution in [0.3, 0.4) is 0 Å². The molecule has 0 aliphatic carbocycles. The number of aliphatic imine (C=N–C) groups is 1. The summed E-state index contributed by atoms with van der Waals surface area (Å²) in [5.74, 6) is -2.20. The Hall–Kier alpha value is -1.04. The van der Waals surface area contributed by atoms with Gasteiger partial charge in [-0.15, -0.1) is 0 Å². The monoisotopic (exact) mass is 188 g/mol. The molecule has 0 aromatic rings.